The van der Waals surface area contributed by atoms with Crippen LogP contribution in [-0.2, 0) is 4.79 Å². The molecule has 1 atom stereocenters. The van der Waals surface area contributed by atoms with Crippen LogP contribution in [0.4, 0.5) is 4.79 Å². The van der Waals surface area contributed by atoms with Gasteiger partial charge in [-0.3, -0.25) is 4.79 Å². The second-order valence-corrected chi connectivity index (χ2v) is 3.43. The molecule has 17 heavy (non-hydrogen) atoms. The number of amides is 2. The van der Waals surface area contributed by atoms with Crippen LogP contribution in [0, 0.1) is 0 Å². The number of primary amides is 1. The summed E-state index contributed by atoms with van der Waals surface area (Å²) < 4.78 is 4.98. The first-order chi connectivity index (χ1) is 8.02. The van der Waals surface area contributed by atoms with E-state index in [1.807, 2.05) is 0 Å². The minimum atomic E-state index is -1.01. The van der Waals surface area contributed by atoms with Gasteiger partial charge in [-0.05, 0) is 17.7 Å². The number of carbonyl (C=O) groups excluding carboxylic acids is 1. The summed E-state index contributed by atoms with van der Waals surface area (Å²) in [4.78, 5) is 21.5. The lowest BCUT2D eigenvalue weighted by atomic mass is 10.0. The Hall–Kier alpha value is -2.24. The van der Waals surface area contributed by atoms with Gasteiger partial charge in [0.1, 0.15) is 5.75 Å². The summed E-state index contributed by atoms with van der Waals surface area (Å²) in [6.45, 7) is 0. The highest BCUT2D eigenvalue weighted by Crippen LogP contribution is 2.20. The Labute approximate surface area is 98.4 Å². The Balaban J connectivity index is 2.86. The van der Waals surface area contributed by atoms with E-state index in [1.54, 1.807) is 24.3 Å². The molecule has 1 aromatic carbocycles. The number of methoxy groups -OCH3 is 1. The van der Waals surface area contributed by atoms with Crippen LogP contribution in [0.15, 0.2) is 24.3 Å². The van der Waals surface area contributed by atoms with Crippen molar-refractivity contribution in [3.8, 4) is 5.75 Å². The molecule has 4 N–H and O–H groups in total. The normalized spacial score (nSPS) is 11.6. The molecule has 2 amide bonds. The number of urea groups is 1. The van der Waals surface area contributed by atoms with Crippen LogP contribution in [0.3, 0.4) is 0 Å². The molecule has 0 aliphatic carbocycles. The van der Waals surface area contributed by atoms with Crippen molar-refractivity contribution in [3.05, 3.63) is 29.8 Å². The number of hydrogen-bond acceptors (Lipinski definition) is 3. The third-order valence-electron chi connectivity index (χ3n) is 2.21. The zero-order valence-electron chi connectivity index (χ0n) is 9.34. The second kappa shape index (κ2) is 5.74. The van der Waals surface area contributed by atoms with E-state index in [1.165, 1.54) is 7.11 Å². The van der Waals surface area contributed by atoms with Gasteiger partial charge in [-0.15, -0.1) is 0 Å². The van der Waals surface area contributed by atoms with Crippen molar-refractivity contribution >= 4 is 12.0 Å². The standard InChI is InChI=1S/C11H14N2O4/c1-17-8-4-2-7(3-5-8)9(6-10(14)15)13-11(12)16/h2-5,9H,6H2,1H3,(H,14,15)(H3,12,13,16)/t9-/m0/s1. The average Bonchev–Trinajstić information content (AvgIpc) is 2.27. The summed E-state index contributed by atoms with van der Waals surface area (Å²) in [7, 11) is 1.53. The molecule has 0 spiro atoms. The van der Waals surface area contributed by atoms with Gasteiger partial charge in [-0.2, -0.15) is 0 Å². The number of carboxylic acids is 1. The maximum absolute atomic E-state index is 10.8. The third-order valence-corrected chi connectivity index (χ3v) is 2.21. The van der Waals surface area contributed by atoms with E-state index in [-0.39, 0.29) is 6.42 Å². The Kier molecular flexibility index (Phi) is 4.33. The molecule has 0 heterocycles. The molecule has 1 aromatic rings. The van der Waals surface area contributed by atoms with E-state index in [4.69, 9.17) is 15.6 Å². The molecule has 0 aliphatic rings. The lowest BCUT2D eigenvalue weighted by Gasteiger charge is -2.16. The van der Waals surface area contributed by atoms with Gasteiger partial charge in [-0.25, -0.2) is 4.79 Å². The molecule has 1 rings (SSSR count). The second-order valence-electron chi connectivity index (χ2n) is 3.43. The van der Waals surface area contributed by atoms with Gasteiger partial charge in [0.2, 0.25) is 0 Å². The quantitative estimate of drug-likeness (QED) is 0.708. The molecule has 6 nitrogen and oxygen atoms in total. The topological polar surface area (TPSA) is 102 Å². The molecular formula is C11H14N2O4. The van der Waals surface area contributed by atoms with E-state index >= 15 is 0 Å². The van der Waals surface area contributed by atoms with Gasteiger partial charge in [0.15, 0.2) is 0 Å². The SMILES string of the molecule is COc1ccc([C@H](CC(=O)O)NC(N)=O)cc1. The number of rotatable bonds is 5. The van der Waals surface area contributed by atoms with E-state index in [0.29, 0.717) is 11.3 Å². The molecule has 92 valence electrons. The molecule has 0 aromatic heterocycles. The maximum Gasteiger partial charge on any atom is 0.312 e. The number of benzene rings is 1. The summed E-state index contributed by atoms with van der Waals surface area (Å²) in [5, 5.41) is 11.1. The molecule has 0 fully saturated rings. The molecule has 0 aliphatic heterocycles. The van der Waals surface area contributed by atoms with Crippen LogP contribution in [-0.4, -0.2) is 24.2 Å². The fourth-order valence-electron chi connectivity index (χ4n) is 1.43. The first kappa shape index (κ1) is 12.8. The van der Waals surface area contributed by atoms with Crippen LogP contribution in [0.2, 0.25) is 0 Å². The molecule has 0 saturated carbocycles. The highest BCUT2D eigenvalue weighted by atomic mass is 16.5. The van der Waals surface area contributed by atoms with Crippen molar-refractivity contribution in [3.63, 3.8) is 0 Å². The number of nitrogens with two attached hydrogens (primary N) is 1. The lowest BCUT2D eigenvalue weighted by Crippen LogP contribution is -2.34. The first-order valence-electron chi connectivity index (χ1n) is 4.94. The molecular weight excluding hydrogens is 224 g/mol. The Morgan fingerprint density at radius 3 is 2.41 bits per heavy atom. The Morgan fingerprint density at radius 1 is 1.41 bits per heavy atom. The minimum absolute atomic E-state index is 0.227. The molecule has 0 bridgehead atoms. The predicted octanol–water partition coefficient (Wildman–Crippen LogP) is 0.879. The van der Waals surface area contributed by atoms with E-state index in [9.17, 15) is 9.59 Å². The zero-order chi connectivity index (χ0) is 12.8. The summed E-state index contributed by atoms with van der Waals surface area (Å²) in [5.41, 5.74) is 5.65. The smallest absolute Gasteiger partial charge is 0.312 e. The van der Waals surface area contributed by atoms with Crippen LogP contribution in [0.5, 0.6) is 5.75 Å². The van der Waals surface area contributed by atoms with Crippen LogP contribution in [0.25, 0.3) is 0 Å². The predicted molar refractivity (Wildman–Crippen MR) is 60.7 cm³/mol. The maximum atomic E-state index is 10.8. The number of carboxylic acid groups (broad SMARTS) is 1. The van der Waals surface area contributed by atoms with Crippen molar-refractivity contribution < 1.29 is 19.4 Å². The first-order valence-corrected chi connectivity index (χ1v) is 4.94. The van der Waals surface area contributed by atoms with Crippen molar-refractivity contribution in [1.29, 1.82) is 0 Å². The molecule has 0 saturated heterocycles. The summed E-state index contributed by atoms with van der Waals surface area (Å²) in [6, 6.07) is 5.34. The number of ether oxygens (including phenoxy) is 1. The fraction of sp³-hybridized carbons (Fsp3) is 0.273. The van der Waals surface area contributed by atoms with Crippen LogP contribution >= 0.6 is 0 Å². The highest BCUT2D eigenvalue weighted by Gasteiger charge is 2.16. The molecule has 6 heteroatoms. The molecule has 0 radical (unpaired) electrons. The van der Waals surface area contributed by atoms with Crippen molar-refractivity contribution in [2.24, 2.45) is 5.73 Å². The zero-order valence-corrected chi connectivity index (χ0v) is 9.34. The number of hydrogen-bond donors (Lipinski definition) is 3. The van der Waals surface area contributed by atoms with Gasteiger partial charge in [-0.1, -0.05) is 12.1 Å². The summed E-state index contributed by atoms with van der Waals surface area (Å²) in [6.07, 6.45) is -0.227. The number of aliphatic carboxylic acids is 1. The van der Waals surface area contributed by atoms with Crippen molar-refractivity contribution in [2.75, 3.05) is 7.11 Å². The monoisotopic (exact) mass is 238 g/mol. The van der Waals surface area contributed by atoms with E-state index in [0.717, 1.165) is 0 Å². The van der Waals surface area contributed by atoms with Crippen LogP contribution in [0.1, 0.15) is 18.0 Å². The third kappa shape index (κ3) is 4.02. The summed E-state index contributed by atoms with van der Waals surface area (Å²) >= 11 is 0. The highest BCUT2D eigenvalue weighted by molar-refractivity contribution is 5.74. The Bertz CT molecular complexity index is 386. The number of carbonyl (C=O) groups is 2. The van der Waals surface area contributed by atoms with Gasteiger partial charge >= 0.3 is 12.0 Å². The van der Waals surface area contributed by atoms with Gasteiger partial charge in [0.05, 0.1) is 19.6 Å². The van der Waals surface area contributed by atoms with E-state index < -0.39 is 18.0 Å². The number of nitrogens with one attached hydrogen (secondary N) is 1. The average molecular weight is 238 g/mol. The largest absolute Gasteiger partial charge is 0.497 e. The molecule has 0 unspecified atom stereocenters. The van der Waals surface area contributed by atoms with Crippen molar-refractivity contribution in [2.45, 2.75) is 12.5 Å². The van der Waals surface area contributed by atoms with E-state index in [2.05, 4.69) is 5.32 Å². The van der Waals surface area contributed by atoms with Gasteiger partial charge < -0.3 is 20.9 Å². The summed E-state index contributed by atoms with van der Waals surface area (Å²) in [5.74, 6) is -0.360. The Morgan fingerprint density at radius 2 is 2.00 bits per heavy atom. The lowest BCUT2D eigenvalue weighted by molar-refractivity contribution is -0.137. The van der Waals surface area contributed by atoms with Gasteiger partial charge in [0, 0.05) is 0 Å². The fourth-order valence-corrected chi connectivity index (χ4v) is 1.43. The van der Waals surface area contributed by atoms with Crippen LogP contribution < -0.4 is 15.8 Å². The van der Waals surface area contributed by atoms with Gasteiger partial charge in [0.25, 0.3) is 0 Å². The minimum Gasteiger partial charge on any atom is -0.497 e. The van der Waals surface area contributed by atoms with Crippen molar-refractivity contribution in [1.82, 2.24) is 5.32 Å².